The van der Waals surface area contributed by atoms with Crippen LogP contribution >= 0.6 is 11.8 Å². The monoisotopic (exact) mass is 272 g/mol. The van der Waals surface area contributed by atoms with Crippen LogP contribution < -0.4 is 10.6 Å². The van der Waals surface area contributed by atoms with E-state index in [1.54, 1.807) is 0 Å². The molecule has 0 aliphatic heterocycles. The maximum Gasteiger partial charge on any atom is 0.234 e. The molecule has 0 aromatic carbocycles. The maximum absolute atomic E-state index is 11.7. The molecule has 2 N–H and O–H groups in total. The summed E-state index contributed by atoms with van der Waals surface area (Å²) in [7, 11) is 0. The number of carbonyl (C=O) groups is 1. The first-order valence-electron chi connectivity index (χ1n) is 7.30. The van der Waals surface area contributed by atoms with E-state index in [0.29, 0.717) is 18.6 Å². The average molecular weight is 272 g/mol. The molecular formula is C14H28N2OS. The highest BCUT2D eigenvalue weighted by atomic mass is 32.2. The van der Waals surface area contributed by atoms with Crippen LogP contribution in [0.3, 0.4) is 0 Å². The van der Waals surface area contributed by atoms with Crippen molar-refractivity contribution in [2.24, 2.45) is 0 Å². The Bertz CT molecular complexity index is 248. The minimum atomic E-state index is 0.141. The van der Waals surface area contributed by atoms with Gasteiger partial charge in [0.25, 0.3) is 0 Å². The fraction of sp³-hybridized carbons (Fsp3) is 0.929. The van der Waals surface area contributed by atoms with Crippen molar-refractivity contribution in [1.29, 1.82) is 0 Å². The van der Waals surface area contributed by atoms with Crippen molar-refractivity contribution in [1.82, 2.24) is 10.6 Å². The largest absolute Gasteiger partial charge is 0.353 e. The van der Waals surface area contributed by atoms with E-state index in [4.69, 9.17) is 0 Å². The van der Waals surface area contributed by atoms with Crippen LogP contribution in [-0.2, 0) is 4.79 Å². The van der Waals surface area contributed by atoms with Crippen LogP contribution in [0.25, 0.3) is 0 Å². The first-order chi connectivity index (χ1) is 8.65. The van der Waals surface area contributed by atoms with Gasteiger partial charge in [0, 0.05) is 17.3 Å². The highest BCUT2D eigenvalue weighted by molar-refractivity contribution is 7.99. The Balaban J connectivity index is 2.12. The van der Waals surface area contributed by atoms with Gasteiger partial charge in [-0.1, -0.05) is 20.3 Å². The molecule has 1 saturated carbocycles. The third-order valence-corrected chi connectivity index (χ3v) is 4.70. The molecule has 0 bridgehead atoms. The summed E-state index contributed by atoms with van der Waals surface area (Å²) < 4.78 is 0. The highest BCUT2D eigenvalue weighted by Gasteiger charge is 2.24. The van der Waals surface area contributed by atoms with Crippen LogP contribution in [0, 0.1) is 0 Å². The number of amides is 1. The van der Waals surface area contributed by atoms with E-state index in [1.165, 1.54) is 25.0 Å². The molecule has 3 atom stereocenters. The van der Waals surface area contributed by atoms with E-state index in [2.05, 4.69) is 43.2 Å². The highest BCUT2D eigenvalue weighted by Crippen LogP contribution is 2.29. The first-order valence-corrected chi connectivity index (χ1v) is 8.34. The maximum atomic E-state index is 11.7. The Kier molecular flexibility index (Phi) is 7.75. The minimum absolute atomic E-state index is 0.141. The van der Waals surface area contributed by atoms with Crippen LogP contribution in [0.2, 0.25) is 0 Å². The third kappa shape index (κ3) is 6.10. The molecule has 0 aromatic rings. The summed E-state index contributed by atoms with van der Waals surface area (Å²) >= 11 is 2.05. The third-order valence-electron chi connectivity index (χ3n) is 3.47. The normalized spacial score (nSPS) is 25.1. The van der Waals surface area contributed by atoms with Gasteiger partial charge in [-0.05, 0) is 38.4 Å². The van der Waals surface area contributed by atoms with Gasteiger partial charge < -0.3 is 10.6 Å². The van der Waals surface area contributed by atoms with Crippen molar-refractivity contribution in [3.8, 4) is 0 Å². The fourth-order valence-electron chi connectivity index (χ4n) is 2.58. The Hall–Kier alpha value is -0.220. The van der Waals surface area contributed by atoms with Gasteiger partial charge in [0.2, 0.25) is 5.91 Å². The zero-order valence-electron chi connectivity index (χ0n) is 12.0. The molecule has 1 amide bonds. The Morgan fingerprint density at radius 3 is 2.83 bits per heavy atom. The molecular weight excluding hydrogens is 244 g/mol. The number of hydrogen-bond acceptors (Lipinski definition) is 3. The summed E-state index contributed by atoms with van der Waals surface area (Å²) in [6.45, 7) is 6.91. The van der Waals surface area contributed by atoms with Crippen molar-refractivity contribution >= 4 is 17.7 Å². The van der Waals surface area contributed by atoms with E-state index in [1.807, 2.05) is 0 Å². The first kappa shape index (κ1) is 15.8. The average Bonchev–Trinajstić information content (AvgIpc) is 2.75. The number of rotatable bonds is 8. The zero-order valence-corrected chi connectivity index (χ0v) is 12.8. The van der Waals surface area contributed by atoms with Gasteiger partial charge in [-0.3, -0.25) is 4.79 Å². The predicted octanol–water partition coefficient (Wildman–Crippen LogP) is 2.55. The molecule has 106 valence electrons. The van der Waals surface area contributed by atoms with E-state index < -0.39 is 0 Å². The van der Waals surface area contributed by atoms with Crippen molar-refractivity contribution in [2.75, 3.05) is 12.3 Å². The molecule has 3 unspecified atom stereocenters. The van der Waals surface area contributed by atoms with E-state index in [-0.39, 0.29) is 5.91 Å². The summed E-state index contributed by atoms with van der Waals surface area (Å²) in [6.07, 6.45) is 5.91. The Labute approximate surface area is 116 Å². The molecule has 18 heavy (non-hydrogen) atoms. The molecule has 0 radical (unpaired) electrons. The van der Waals surface area contributed by atoms with Gasteiger partial charge in [-0.15, -0.1) is 0 Å². The zero-order chi connectivity index (χ0) is 13.4. The summed E-state index contributed by atoms with van der Waals surface area (Å²) in [4.78, 5) is 11.7. The summed E-state index contributed by atoms with van der Waals surface area (Å²) in [5, 5.41) is 7.23. The standard InChI is InChI=1S/C14H28N2OS/c1-4-6-11(3)16-14(17)10-15-12-7-8-13(9-12)18-5-2/h11-13,15H,4-10H2,1-3H3,(H,16,17). The SMILES string of the molecule is CCCC(C)NC(=O)CNC1CCC(SCC)C1. The second-order valence-electron chi connectivity index (χ2n) is 5.23. The molecule has 0 heterocycles. The van der Waals surface area contributed by atoms with Crippen LogP contribution in [0.4, 0.5) is 0 Å². The smallest absolute Gasteiger partial charge is 0.234 e. The van der Waals surface area contributed by atoms with Gasteiger partial charge in [-0.2, -0.15) is 11.8 Å². The lowest BCUT2D eigenvalue weighted by molar-refractivity contribution is -0.121. The molecule has 1 fully saturated rings. The lowest BCUT2D eigenvalue weighted by atomic mass is 10.2. The molecule has 1 aliphatic carbocycles. The lowest BCUT2D eigenvalue weighted by Crippen LogP contribution is -2.41. The van der Waals surface area contributed by atoms with Crippen molar-refractivity contribution in [3.63, 3.8) is 0 Å². The molecule has 4 heteroatoms. The number of thioether (sulfide) groups is 1. The van der Waals surface area contributed by atoms with Crippen LogP contribution in [-0.4, -0.2) is 35.5 Å². The van der Waals surface area contributed by atoms with Gasteiger partial charge in [-0.25, -0.2) is 0 Å². The summed E-state index contributed by atoms with van der Waals surface area (Å²) in [5.74, 6) is 1.34. The van der Waals surface area contributed by atoms with Gasteiger partial charge in [0.1, 0.15) is 0 Å². The van der Waals surface area contributed by atoms with Crippen molar-refractivity contribution < 1.29 is 4.79 Å². The lowest BCUT2D eigenvalue weighted by Gasteiger charge is -2.16. The van der Waals surface area contributed by atoms with E-state index in [0.717, 1.165) is 18.1 Å². The van der Waals surface area contributed by atoms with E-state index in [9.17, 15) is 4.79 Å². The molecule has 0 saturated heterocycles. The number of hydrogen-bond donors (Lipinski definition) is 2. The molecule has 0 aromatic heterocycles. The topological polar surface area (TPSA) is 41.1 Å². The van der Waals surface area contributed by atoms with Gasteiger partial charge in [0.05, 0.1) is 6.54 Å². The molecule has 0 spiro atoms. The molecule has 3 nitrogen and oxygen atoms in total. The second kappa shape index (κ2) is 8.81. The predicted molar refractivity (Wildman–Crippen MR) is 80.1 cm³/mol. The Morgan fingerprint density at radius 2 is 2.17 bits per heavy atom. The fourth-order valence-corrected chi connectivity index (χ4v) is 3.72. The molecule has 1 aliphatic rings. The Morgan fingerprint density at radius 1 is 1.39 bits per heavy atom. The van der Waals surface area contributed by atoms with E-state index >= 15 is 0 Å². The van der Waals surface area contributed by atoms with Crippen molar-refractivity contribution in [2.45, 2.75) is 70.2 Å². The summed E-state index contributed by atoms with van der Waals surface area (Å²) in [6, 6.07) is 0.845. The van der Waals surface area contributed by atoms with Crippen LogP contribution in [0.1, 0.15) is 52.9 Å². The minimum Gasteiger partial charge on any atom is -0.353 e. The molecule has 1 rings (SSSR count). The quantitative estimate of drug-likeness (QED) is 0.713. The summed E-state index contributed by atoms with van der Waals surface area (Å²) in [5.41, 5.74) is 0. The van der Waals surface area contributed by atoms with Crippen LogP contribution in [0.5, 0.6) is 0 Å². The van der Waals surface area contributed by atoms with Gasteiger partial charge in [0.15, 0.2) is 0 Å². The van der Waals surface area contributed by atoms with Gasteiger partial charge >= 0.3 is 0 Å². The van der Waals surface area contributed by atoms with Crippen LogP contribution in [0.15, 0.2) is 0 Å². The second-order valence-corrected chi connectivity index (χ2v) is 6.80. The number of carbonyl (C=O) groups excluding carboxylic acids is 1. The number of nitrogens with one attached hydrogen (secondary N) is 2. The van der Waals surface area contributed by atoms with Crippen molar-refractivity contribution in [3.05, 3.63) is 0 Å².